The Morgan fingerprint density at radius 2 is 1.39 bits per heavy atom. The highest BCUT2D eigenvalue weighted by Gasteiger charge is 2.12. The molecule has 0 saturated carbocycles. The summed E-state index contributed by atoms with van der Waals surface area (Å²) in [7, 11) is -6.98. The summed E-state index contributed by atoms with van der Waals surface area (Å²) in [5.41, 5.74) is 0. The minimum Gasteiger partial charge on any atom is -0.270 e. The van der Waals surface area contributed by atoms with E-state index in [9.17, 15) is 16.8 Å². The van der Waals surface area contributed by atoms with E-state index in [0.29, 0.717) is 12.8 Å². The van der Waals surface area contributed by atoms with Crippen LogP contribution in [-0.2, 0) is 28.6 Å². The Morgan fingerprint density at radius 1 is 1.00 bits per heavy atom. The molecule has 0 aromatic carbocycles. The fourth-order valence-electron chi connectivity index (χ4n) is 1.21. The van der Waals surface area contributed by atoms with Crippen molar-refractivity contribution in [3.8, 4) is 6.07 Å². The van der Waals surface area contributed by atoms with Crippen molar-refractivity contribution in [2.45, 2.75) is 19.3 Å². The molecule has 0 bridgehead atoms. The smallest absolute Gasteiger partial charge is 0.264 e. The highest BCUT2D eigenvalue weighted by Crippen LogP contribution is 2.14. The molecule has 0 rings (SSSR count). The van der Waals surface area contributed by atoms with Crippen molar-refractivity contribution >= 4 is 20.2 Å². The highest BCUT2D eigenvalue weighted by molar-refractivity contribution is 7.86. The van der Waals surface area contributed by atoms with E-state index in [4.69, 9.17) is 5.26 Å². The van der Waals surface area contributed by atoms with E-state index >= 15 is 0 Å². The van der Waals surface area contributed by atoms with Crippen LogP contribution in [0.4, 0.5) is 0 Å². The van der Waals surface area contributed by atoms with Gasteiger partial charge in [0.1, 0.15) is 0 Å². The van der Waals surface area contributed by atoms with Crippen LogP contribution in [0.5, 0.6) is 0 Å². The van der Waals surface area contributed by atoms with Gasteiger partial charge in [0.05, 0.1) is 31.8 Å². The van der Waals surface area contributed by atoms with Gasteiger partial charge in [-0.05, 0) is 18.8 Å². The maximum atomic E-state index is 10.7. The van der Waals surface area contributed by atoms with Crippen molar-refractivity contribution in [2.24, 2.45) is 5.92 Å². The van der Waals surface area contributed by atoms with E-state index in [1.54, 1.807) is 0 Å². The topological polar surface area (TPSA) is 111 Å². The molecule has 0 atom stereocenters. The second-order valence-corrected chi connectivity index (χ2v) is 7.15. The zero-order chi connectivity index (χ0) is 14.2. The van der Waals surface area contributed by atoms with Crippen LogP contribution in [0.1, 0.15) is 19.3 Å². The van der Waals surface area contributed by atoms with Crippen LogP contribution in [0.2, 0.25) is 0 Å². The zero-order valence-electron chi connectivity index (χ0n) is 10.3. The summed E-state index contributed by atoms with van der Waals surface area (Å²) < 4.78 is 52.0. The molecule has 0 aromatic heterocycles. The molecule has 0 aromatic rings. The molecule has 0 heterocycles. The lowest BCUT2D eigenvalue weighted by Gasteiger charge is -2.12. The van der Waals surface area contributed by atoms with Crippen molar-refractivity contribution in [2.75, 3.05) is 25.7 Å². The number of hydrogen-bond acceptors (Lipinski definition) is 7. The Bertz CT molecular complexity index is 438. The van der Waals surface area contributed by atoms with Gasteiger partial charge in [-0.1, -0.05) is 0 Å². The lowest BCUT2D eigenvalue weighted by molar-refractivity contribution is 0.246. The van der Waals surface area contributed by atoms with E-state index in [0.717, 1.165) is 12.5 Å². The Kier molecular flexibility index (Phi) is 7.39. The fraction of sp³-hybridized carbons (Fsp3) is 0.889. The number of nitrogens with zero attached hydrogens (tertiary/aromatic N) is 1. The molecule has 0 fully saturated rings. The van der Waals surface area contributed by atoms with Gasteiger partial charge in [0.25, 0.3) is 20.2 Å². The van der Waals surface area contributed by atoms with Gasteiger partial charge < -0.3 is 0 Å². The van der Waals surface area contributed by atoms with Crippen LogP contribution in [0.3, 0.4) is 0 Å². The van der Waals surface area contributed by atoms with E-state index in [1.807, 2.05) is 6.07 Å². The average molecular weight is 299 g/mol. The van der Waals surface area contributed by atoms with Crippen molar-refractivity contribution < 1.29 is 25.2 Å². The van der Waals surface area contributed by atoms with Crippen molar-refractivity contribution in [3.05, 3.63) is 0 Å². The van der Waals surface area contributed by atoms with E-state index in [2.05, 4.69) is 8.37 Å². The lowest BCUT2D eigenvalue weighted by atomic mass is 9.99. The van der Waals surface area contributed by atoms with Crippen LogP contribution in [0.25, 0.3) is 0 Å². The Labute approximate surface area is 108 Å². The first-order valence-corrected chi connectivity index (χ1v) is 8.83. The maximum Gasteiger partial charge on any atom is 0.264 e. The summed E-state index contributed by atoms with van der Waals surface area (Å²) >= 11 is 0. The normalized spacial score (nSPS) is 12.6. The SMILES string of the molecule is CS(=O)(=O)OCCC(CC#N)CCOS(C)(=O)=O. The van der Waals surface area contributed by atoms with Gasteiger partial charge in [-0.25, -0.2) is 0 Å². The first-order valence-electron chi connectivity index (χ1n) is 5.20. The zero-order valence-corrected chi connectivity index (χ0v) is 12.0. The first-order chi connectivity index (χ1) is 8.14. The monoisotopic (exact) mass is 299 g/mol. The molecule has 0 unspecified atom stereocenters. The third-order valence-corrected chi connectivity index (χ3v) is 3.22. The molecule has 0 N–H and O–H groups in total. The Morgan fingerprint density at radius 3 is 1.67 bits per heavy atom. The van der Waals surface area contributed by atoms with Gasteiger partial charge in [0, 0.05) is 6.42 Å². The molecule has 106 valence electrons. The standard InChI is InChI=1S/C9H17NO6S2/c1-17(11,12)15-7-4-9(3-6-10)5-8-16-18(2,13)14/h9H,3-5,7-8H2,1-2H3. The minimum atomic E-state index is -3.49. The molecule has 0 radical (unpaired) electrons. The molecule has 18 heavy (non-hydrogen) atoms. The van der Waals surface area contributed by atoms with E-state index in [1.165, 1.54) is 0 Å². The highest BCUT2D eigenvalue weighted by atomic mass is 32.2. The second-order valence-electron chi connectivity index (χ2n) is 3.86. The summed E-state index contributed by atoms with van der Waals surface area (Å²) in [6.07, 6.45) is 2.79. The third kappa shape index (κ3) is 11.8. The quantitative estimate of drug-likeness (QED) is 0.561. The van der Waals surface area contributed by atoms with Crippen LogP contribution in [0, 0.1) is 17.2 Å². The molecule has 0 aliphatic rings. The maximum absolute atomic E-state index is 10.7. The molecule has 0 aliphatic carbocycles. The van der Waals surface area contributed by atoms with Crippen LogP contribution in [-0.4, -0.2) is 42.6 Å². The molecule has 0 saturated heterocycles. The van der Waals surface area contributed by atoms with Gasteiger partial charge in [-0.15, -0.1) is 0 Å². The van der Waals surface area contributed by atoms with Gasteiger partial charge in [0.15, 0.2) is 0 Å². The van der Waals surface area contributed by atoms with Gasteiger partial charge in [0.2, 0.25) is 0 Å². The number of hydrogen-bond donors (Lipinski definition) is 0. The summed E-state index contributed by atoms with van der Waals surface area (Å²) in [6.45, 7) is -0.0475. The summed E-state index contributed by atoms with van der Waals surface area (Å²) in [5, 5.41) is 8.59. The molecule has 0 aliphatic heterocycles. The van der Waals surface area contributed by atoms with Crippen molar-refractivity contribution in [1.82, 2.24) is 0 Å². The first kappa shape index (κ1) is 17.3. The Hall–Kier alpha value is -0.690. The summed E-state index contributed by atoms with van der Waals surface area (Å²) in [6, 6.07) is 1.95. The predicted molar refractivity (Wildman–Crippen MR) is 64.5 cm³/mol. The summed E-state index contributed by atoms with van der Waals surface area (Å²) in [5.74, 6) is -0.154. The Balaban J connectivity index is 4.04. The van der Waals surface area contributed by atoms with Gasteiger partial charge in [-0.3, -0.25) is 8.37 Å². The largest absolute Gasteiger partial charge is 0.270 e. The fourth-order valence-corrected chi connectivity index (χ4v) is 2.01. The van der Waals surface area contributed by atoms with Crippen molar-refractivity contribution in [3.63, 3.8) is 0 Å². The molecular weight excluding hydrogens is 282 g/mol. The predicted octanol–water partition coefficient (Wildman–Crippen LogP) is 0.249. The molecular formula is C9H17NO6S2. The lowest BCUT2D eigenvalue weighted by Crippen LogP contribution is -2.12. The van der Waals surface area contributed by atoms with E-state index in [-0.39, 0.29) is 25.6 Å². The van der Waals surface area contributed by atoms with Crippen LogP contribution >= 0.6 is 0 Å². The van der Waals surface area contributed by atoms with E-state index < -0.39 is 20.2 Å². The van der Waals surface area contributed by atoms with Gasteiger partial charge >= 0.3 is 0 Å². The molecule has 7 nitrogen and oxygen atoms in total. The summed E-state index contributed by atoms with van der Waals surface area (Å²) in [4.78, 5) is 0. The van der Waals surface area contributed by atoms with Crippen LogP contribution in [0.15, 0.2) is 0 Å². The van der Waals surface area contributed by atoms with Crippen LogP contribution < -0.4 is 0 Å². The minimum absolute atomic E-state index is 0.0238. The third-order valence-electron chi connectivity index (χ3n) is 2.03. The second kappa shape index (κ2) is 7.68. The van der Waals surface area contributed by atoms with Crippen molar-refractivity contribution in [1.29, 1.82) is 5.26 Å². The molecule has 0 amide bonds. The number of rotatable bonds is 9. The molecule has 0 spiro atoms. The number of nitriles is 1. The average Bonchev–Trinajstić information content (AvgIpc) is 2.13. The molecule has 9 heteroatoms. The van der Waals surface area contributed by atoms with Gasteiger partial charge in [-0.2, -0.15) is 22.1 Å².